The second kappa shape index (κ2) is 5.96. The number of carbonyl (C=O) groups is 2. The van der Waals surface area contributed by atoms with Crippen LogP contribution in [0.5, 0.6) is 0 Å². The monoisotopic (exact) mass is 307 g/mol. The fraction of sp³-hybridized carbons (Fsp3) is 0.111. The number of rotatable bonds is 3. The summed E-state index contributed by atoms with van der Waals surface area (Å²) in [4.78, 5) is 23.7. The molecule has 23 heavy (non-hydrogen) atoms. The van der Waals surface area contributed by atoms with Gasteiger partial charge in [-0.2, -0.15) is 0 Å². The van der Waals surface area contributed by atoms with E-state index in [-0.39, 0.29) is 11.8 Å². The Bertz CT molecular complexity index is 896. The van der Waals surface area contributed by atoms with Crippen molar-refractivity contribution < 1.29 is 9.59 Å². The first-order chi connectivity index (χ1) is 11.0. The Kier molecular flexibility index (Phi) is 3.85. The van der Waals surface area contributed by atoms with Gasteiger partial charge in [0.2, 0.25) is 5.91 Å². The zero-order valence-corrected chi connectivity index (χ0v) is 13.0. The normalized spacial score (nSPS) is 10.5. The Morgan fingerprint density at radius 1 is 0.957 bits per heavy atom. The maximum atomic E-state index is 12.6. The van der Waals surface area contributed by atoms with Crippen molar-refractivity contribution in [1.29, 1.82) is 0 Å². The van der Waals surface area contributed by atoms with E-state index in [4.69, 9.17) is 0 Å². The van der Waals surface area contributed by atoms with Gasteiger partial charge in [-0.05, 0) is 24.3 Å². The van der Waals surface area contributed by atoms with E-state index in [0.29, 0.717) is 16.9 Å². The molecule has 3 rings (SSSR count). The molecule has 0 aliphatic carbocycles. The predicted octanol–water partition coefficient (Wildman–Crippen LogP) is 3.39. The molecule has 0 saturated heterocycles. The number of para-hydroxylation sites is 1. The summed E-state index contributed by atoms with van der Waals surface area (Å²) in [6.45, 7) is 1.45. The highest BCUT2D eigenvalue weighted by Gasteiger charge is 2.13. The van der Waals surface area contributed by atoms with Crippen LogP contribution in [0.3, 0.4) is 0 Å². The van der Waals surface area contributed by atoms with Crippen LogP contribution < -0.4 is 10.6 Å². The van der Waals surface area contributed by atoms with E-state index in [0.717, 1.165) is 10.9 Å². The van der Waals surface area contributed by atoms with Crippen LogP contribution >= 0.6 is 0 Å². The Hall–Kier alpha value is -3.08. The number of fused-ring (bicyclic) bond motifs is 1. The Morgan fingerprint density at radius 3 is 2.39 bits per heavy atom. The molecule has 116 valence electrons. The minimum atomic E-state index is -0.179. The van der Waals surface area contributed by atoms with Gasteiger partial charge in [0, 0.05) is 42.4 Å². The van der Waals surface area contributed by atoms with Gasteiger partial charge in [0.25, 0.3) is 5.91 Å². The molecule has 0 radical (unpaired) electrons. The molecular weight excluding hydrogens is 290 g/mol. The number of hydrogen-bond acceptors (Lipinski definition) is 2. The van der Waals surface area contributed by atoms with Crippen LogP contribution in [0.2, 0.25) is 0 Å². The standard InChI is InChI=1S/C18H17N3O2/c1-12(22)19-13-6-5-7-14(10-13)20-18(23)16-11-21(2)17-9-4-3-8-15(16)17/h3-11H,1-2H3,(H,19,22)(H,20,23). The lowest BCUT2D eigenvalue weighted by Crippen LogP contribution is -2.12. The van der Waals surface area contributed by atoms with E-state index in [1.165, 1.54) is 6.92 Å². The lowest BCUT2D eigenvalue weighted by molar-refractivity contribution is -0.114. The molecule has 2 N–H and O–H groups in total. The highest BCUT2D eigenvalue weighted by molar-refractivity contribution is 6.13. The SMILES string of the molecule is CC(=O)Nc1cccc(NC(=O)c2cn(C)c3ccccc23)c1. The molecule has 0 atom stereocenters. The maximum absolute atomic E-state index is 12.6. The van der Waals surface area contributed by atoms with Gasteiger partial charge in [0.05, 0.1) is 5.56 Å². The second-order valence-electron chi connectivity index (χ2n) is 5.39. The van der Waals surface area contributed by atoms with Crippen LogP contribution in [0.25, 0.3) is 10.9 Å². The van der Waals surface area contributed by atoms with Crippen molar-refractivity contribution in [3.05, 3.63) is 60.3 Å². The van der Waals surface area contributed by atoms with Crippen molar-refractivity contribution in [2.75, 3.05) is 10.6 Å². The van der Waals surface area contributed by atoms with Gasteiger partial charge in [0.1, 0.15) is 0 Å². The number of hydrogen-bond donors (Lipinski definition) is 2. The molecule has 5 heteroatoms. The van der Waals surface area contributed by atoms with E-state index < -0.39 is 0 Å². The highest BCUT2D eigenvalue weighted by atomic mass is 16.2. The van der Waals surface area contributed by atoms with E-state index in [1.807, 2.05) is 42.1 Å². The molecule has 5 nitrogen and oxygen atoms in total. The van der Waals surface area contributed by atoms with Gasteiger partial charge in [-0.1, -0.05) is 24.3 Å². The van der Waals surface area contributed by atoms with E-state index in [1.54, 1.807) is 24.3 Å². The summed E-state index contributed by atoms with van der Waals surface area (Å²) in [6.07, 6.45) is 1.82. The number of nitrogens with zero attached hydrogens (tertiary/aromatic N) is 1. The molecule has 0 aliphatic heterocycles. The summed E-state index contributed by atoms with van der Waals surface area (Å²) in [6, 6.07) is 14.8. The van der Waals surface area contributed by atoms with Crippen LogP contribution in [-0.4, -0.2) is 16.4 Å². The average molecular weight is 307 g/mol. The van der Waals surface area contributed by atoms with Crippen LogP contribution in [0.15, 0.2) is 54.7 Å². The number of anilines is 2. The molecule has 0 spiro atoms. The lowest BCUT2D eigenvalue weighted by Gasteiger charge is -2.07. The summed E-state index contributed by atoms with van der Waals surface area (Å²) in [5, 5.41) is 6.48. The van der Waals surface area contributed by atoms with Crippen LogP contribution in [0.1, 0.15) is 17.3 Å². The van der Waals surface area contributed by atoms with Crippen molar-refractivity contribution in [3.8, 4) is 0 Å². The fourth-order valence-corrected chi connectivity index (χ4v) is 2.60. The number of benzene rings is 2. The van der Waals surface area contributed by atoms with Crippen molar-refractivity contribution >= 4 is 34.1 Å². The topological polar surface area (TPSA) is 63.1 Å². The average Bonchev–Trinajstić information content (AvgIpc) is 2.85. The largest absolute Gasteiger partial charge is 0.350 e. The molecule has 0 bridgehead atoms. The smallest absolute Gasteiger partial charge is 0.257 e. The second-order valence-corrected chi connectivity index (χ2v) is 5.39. The van der Waals surface area contributed by atoms with Crippen molar-refractivity contribution in [2.24, 2.45) is 7.05 Å². The van der Waals surface area contributed by atoms with Gasteiger partial charge < -0.3 is 15.2 Å². The number of aryl methyl sites for hydroxylation is 1. The van der Waals surface area contributed by atoms with Crippen LogP contribution in [-0.2, 0) is 11.8 Å². The van der Waals surface area contributed by atoms with Gasteiger partial charge in [0.15, 0.2) is 0 Å². The maximum Gasteiger partial charge on any atom is 0.257 e. The highest BCUT2D eigenvalue weighted by Crippen LogP contribution is 2.22. The summed E-state index contributed by atoms with van der Waals surface area (Å²) in [7, 11) is 1.91. The Balaban J connectivity index is 1.88. The number of carbonyl (C=O) groups excluding carboxylic acids is 2. The first kappa shape index (κ1) is 14.8. The lowest BCUT2D eigenvalue weighted by atomic mass is 10.1. The first-order valence-corrected chi connectivity index (χ1v) is 7.27. The molecule has 0 aliphatic rings. The van der Waals surface area contributed by atoms with E-state index in [2.05, 4.69) is 10.6 Å². The number of amides is 2. The molecule has 1 heterocycles. The minimum Gasteiger partial charge on any atom is -0.350 e. The third-order valence-corrected chi connectivity index (χ3v) is 3.58. The van der Waals surface area contributed by atoms with E-state index in [9.17, 15) is 9.59 Å². The zero-order valence-electron chi connectivity index (χ0n) is 13.0. The number of aromatic nitrogens is 1. The van der Waals surface area contributed by atoms with Gasteiger partial charge in [-0.25, -0.2) is 0 Å². The first-order valence-electron chi connectivity index (χ1n) is 7.27. The zero-order chi connectivity index (χ0) is 16.4. The quantitative estimate of drug-likeness (QED) is 0.779. The van der Waals surface area contributed by atoms with Gasteiger partial charge in [-0.3, -0.25) is 9.59 Å². The molecular formula is C18H17N3O2. The van der Waals surface area contributed by atoms with E-state index >= 15 is 0 Å². The van der Waals surface area contributed by atoms with Crippen LogP contribution in [0, 0.1) is 0 Å². The summed E-state index contributed by atoms with van der Waals surface area (Å²) in [5.41, 5.74) is 2.90. The molecule has 2 aromatic carbocycles. The summed E-state index contributed by atoms with van der Waals surface area (Å²) >= 11 is 0. The van der Waals surface area contributed by atoms with Crippen molar-refractivity contribution in [1.82, 2.24) is 4.57 Å². The molecule has 1 aromatic heterocycles. The molecule has 0 saturated carbocycles. The Labute approximate surface area is 133 Å². The third-order valence-electron chi connectivity index (χ3n) is 3.58. The predicted molar refractivity (Wildman–Crippen MR) is 91.6 cm³/mol. The summed E-state index contributed by atoms with van der Waals surface area (Å²) in [5.74, 6) is -0.329. The van der Waals surface area contributed by atoms with Gasteiger partial charge in [-0.15, -0.1) is 0 Å². The molecule has 0 fully saturated rings. The fourth-order valence-electron chi connectivity index (χ4n) is 2.60. The third kappa shape index (κ3) is 3.08. The van der Waals surface area contributed by atoms with Crippen LogP contribution in [0.4, 0.5) is 11.4 Å². The Morgan fingerprint density at radius 2 is 1.65 bits per heavy atom. The van der Waals surface area contributed by atoms with Crippen molar-refractivity contribution in [3.63, 3.8) is 0 Å². The molecule has 2 amide bonds. The van der Waals surface area contributed by atoms with Crippen molar-refractivity contribution in [2.45, 2.75) is 6.92 Å². The number of nitrogens with one attached hydrogen (secondary N) is 2. The minimum absolute atomic E-state index is 0.150. The van der Waals surface area contributed by atoms with Gasteiger partial charge >= 0.3 is 0 Å². The molecule has 0 unspecified atom stereocenters. The molecule has 3 aromatic rings. The summed E-state index contributed by atoms with van der Waals surface area (Å²) < 4.78 is 1.93.